The summed E-state index contributed by atoms with van der Waals surface area (Å²) < 4.78 is 6.22. The Kier molecular flexibility index (Phi) is 5.98. The lowest BCUT2D eigenvalue weighted by molar-refractivity contribution is -0.128. The van der Waals surface area contributed by atoms with E-state index in [1.165, 1.54) is 24.2 Å². The van der Waals surface area contributed by atoms with Gasteiger partial charge in [-0.15, -0.1) is 0 Å². The molecular weight excluding hydrogens is 397 g/mol. The number of rotatable bonds is 3. The molecule has 1 aliphatic heterocycles. The molecule has 1 heterocycles. The molecule has 1 aromatic rings. The molecule has 0 radical (unpaired) electrons. The summed E-state index contributed by atoms with van der Waals surface area (Å²) in [4.78, 5) is 27.0. The number of amides is 2. The third-order valence-corrected chi connectivity index (χ3v) is 6.57. The highest BCUT2D eigenvalue weighted by atomic mass is 35.5. The molecule has 1 unspecified atom stereocenters. The van der Waals surface area contributed by atoms with Crippen molar-refractivity contribution in [3.63, 3.8) is 0 Å². The normalized spacial score (nSPS) is 23.9. The van der Waals surface area contributed by atoms with Gasteiger partial charge >= 0.3 is 0 Å². The summed E-state index contributed by atoms with van der Waals surface area (Å²) in [6.07, 6.45) is 12.3. The number of nitrogens with zero attached hydrogens (tertiary/aromatic N) is 1. The van der Waals surface area contributed by atoms with E-state index >= 15 is 0 Å². The Bertz CT molecular complexity index is 812. The van der Waals surface area contributed by atoms with Gasteiger partial charge in [0.25, 0.3) is 5.91 Å². The Hall–Kier alpha value is -1.52. The Balaban J connectivity index is 1.63. The molecule has 3 aliphatic rings. The molecule has 6 heteroatoms. The van der Waals surface area contributed by atoms with E-state index in [1.54, 1.807) is 12.1 Å². The van der Waals surface area contributed by atoms with Gasteiger partial charge in [-0.25, -0.2) is 4.90 Å². The molecule has 2 aliphatic carbocycles. The Morgan fingerprint density at radius 1 is 0.893 bits per heavy atom. The summed E-state index contributed by atoms with van der Waals surface area (Å²) in [7, 11) is 0. The van der Waals surface area contributed by atoms with Gasteiger partial charge in [-0.1, -0.05) is 48.5 Å². The number of hydrogen-bond donors (Lipinski definition) is 0. The highest BCUT2D eigenvalue weighted by molar-refractivity contribution is 6.39. The highest BCUT2D eigenvalue weighted by Crippen LogP contribution is 2.41. The van der Waals surface area contributed by atoms with Crippen molar-refractivity contribution in [3.05, 3.63) is 33.8 Å². The summed E-state index contributed by atoms with van der Waals surface area (Å²) in [5, 5.41) is 0.699. The monoisotopic (exact) mass is 421 g/mol. The number of carbonyl (C=O) groups excluding carboxylic acids is 2. The second kappa shape index (κ2) is 8.46. The summed E-state index contributed by atoms with van der Waals surface area (Å²) in [6.45, 7) is 0. The van der Waals surface area contributed by atoms with Crippen molar-refractivity contribution in [2.45, 2.75) is 70.3 Å². The fraction of sp³-hybridized carbons (Fsp3) is 0.545. The van der Waals surface area contributed by atoms with E-state index < -0.39 is 0 Å². The quantitative estimate of drug-likeness (QED) is 0.555. The lowest BCUT2D eigenvalue weighted by atomic mass is 9.85. The van der Waals surface area contributed by atoms with Crippen molar-refractivity contribution in [2.75, 3.05) is 4.90 Å². The SMILES string of the molecule is O=C1C2=CC(CCC2)C(=O)N1c1cc(OC2CCCCCCC2)c(Cl)cc1Cl. The lowest BCUT2D eigenvalue weighted by Crippen LogP contribution is -2.46. The van der Waals surface area contributed by atoms with Crippen LogP contribution in [0.4, 0.5) is 5.69 Å². The van der Waals surface area contributed by atoms with Crippen LogP contribution in [0.1, 0.15) is 64.2 Å². The zero-order valence-corrected chi connectivity index (χ0v) is 17.4. The average molecular weight is 422 g/mol. The predicted molar refractivity (Wildman–Crippen MR) is 111 cm³/mol. The van der Waals surface area contributed by atoms with Gasteiger partial charge in [0.15, 0.2) is 0 Å². The summed E-state index contributed by atoms with van der Waals surface area (Å²) in [6, 6.07) is 3.25. The van der Waals surface area contributed by atoms with E-state index in [4.69, 9.17) is 27.9 Å². The predicted octanol–water partition coefficient (Wildman–Crippen LogP) is 6.08. The van der Waals surface area contributed by atoms with E-state index in [2.05, 4.69) is 0 Å². The maximum absolute atomic E-state index is 12.9. The van der Waals surface area contributed by atoms with Crippen molar-refractivity contribution in [2.24, 2.45) is 5.92 Å². The molecule has 1 atom stereocenters. The van der Waals surface area contributed by atoms with Crippen LogP contribution in [0.15, 0.2) is 23.8 Å². The molecule has 0 spiro atoms. The lowest BCUT2D eigenvalue weighted by Gasteiger charge is -2.34. The van der Waals surface area contributed by atoms with E-state index in [9.17, 15) is 9.59 Å². The van der Waals surface area contributed by atoms with Gasteiger partial charge < -0.3 is 4.74 Å². The fourth-order valence-corrected chi connectivity index (χ4v) is 4.94. The number of imide groups is 1. The molecule has 2 bridgehead atoms. The number of hydrogen-bond acceptors (Lipinski definition) is 3. The Morgan fingerprint density at radius 3 is 2.36 bits per heavy atom. The van der Waals surface area contributed by atoms with Gasteiger partial charge in [-0.3, -0.25) is 9.59 Å². The van der Waals surface area contributed by atoms with Crippen LogP contribution in [0.25, 0.3) is 0 Å². The van der Waals surface area contributed by atoms with Crippen LogP contribution in [0, 0.1) is 5.92 Å². The van der Waals surface area contributed by atoms with Gasteiger partial charge in [0, 0.05) is 11.6 Å². The summed E-state index contributed by atoms with van der Waals surface area (Å²) in [5.74, 6) is -0.239. The molecule has 0 aromatic heterocycles. The molecular formula is C22H25Cl2NO3. The molecule has 4 nitrogen and oxygen atoms in total. The first kappa shape index (κ1) is 19.8. The van der Waals surface area contributed by atoms with Crippen LogP contribution in [-0.4, -0.2) is 17.9 Å². The van der Waals surface area contributed by atoms with Gasteiger partial charge in [-0.2, -0.15) is 0 Å². The van der Waals surface area contributed by atoms with Crippen LogP contribution in [0.5, 0.6) is 5.75 Å². The molecule has 0 N–H and O–H groups in total. The minimum atomic E-state index is -0.276. The van der Waals surface area contributed by atoms with Crippen molar-refractivity contribution in [3.8, 4) is 5.75 Å². The maximum atomic E-state index is 12.9. The van der Waals surface area contributed by atoms with Crippen LogP contribution < -0.4 is 9.64 Å². The zero-order valence-electron chi connectivity index (χ0n) is 15.9. The third kappa shape index (κ3) is 3.95. The first-order chi connectivity index (χ1) is 13.5. The number of halogens is 2. The van der Waals surface area contributed by atoms with E-state index in [0.29, 0.717) is 28.5 Å². The molecule has 2 amide bonds. The van der Waals surface area contributed by atoms with Crippen molar-refractivity contribution >= 4 is 40.7 Å². The van der Waals surface area contributed by atoms with Crippen LogP contribution >= 0.6 is 23.2 Å². The van der Waals surface area contributed by atoms with Gasteiger partial charge in [0.1, 0.15) is 5.75 Å². The fourth-order valence-electron chi connectivity index (χ4n) is 4.43. The number of benzene rings is 1. The standard InChI is InChI=1S/C22H25Cl2NO3/c23-17-12-18(24)20(28-16-9-4-2-1-3-5-10-16)13-19(17)25-21(26)14-7-6-8-15(11-14)22(25)27/h11-14,16H,1-10H2. The first-order valence-corrected chi connectivity index (χ1v) is 11.0. The number of anilines is 1. The molecule has 1 fully saturated rings. The summed E-state index contributed by atoms with van der Waals surface area (Å²) >= 11 is 12.8. The Morgan fingerprint density at radius 2 is 1.61 bits per heavy atom. The van der Waals surface area contributed by atoms with E-state index in [0.717, 1.165) is 38.5 Å². The molecule has 28 heavy (non-hydrogen) atoms. The van der Waals surface area contributed by atoms with E-state index in [1.807, 2.05) is 6.08 Å². The highest BCUT2D eigenvalue weighted by Gasteiger charge is 2.39. The molecule has 1 aromatic carbocycles. The number of ether oxygens (including phenoxy) is 1. The Labute approximate surface area is 175 Å². The molecule has 4 rings (SSSR count). The topological polar surface area (TPSA) is 46.6 Å². The molecule has 150 valence electrons. The average Bonchev–Trinajstić information content (AvgIpc) is 2.66. The largest absolute Gasteiger partial charge is 0.489 e. The van der Waals surface area contributed by atoms with Crippen molar-refractivity contribution in [1.82, 2.24) is 0 Å². The second-order valence-electron chi connectivity index (χ2n) is 7.99. The van der Waals surface area contributed by atoms with Crippen molar-refractivity contribution < 1.29 is 14.3 Å². The zero-order chi connectivity index (χ0) is 19.7. The van der Waals surface area contributed by atoms with Crippen LogP contribution in [0.2, 0.25) is 10.0 Å². The van der Waals surface area contributed by atoms with E-state index in [-0.39, 0.29) is 28.9 Å². The van der Waals surface area contributed by atoms with Gasteiger partial charge in [0.2, 0.25) is 5.91 Å². The maximum Gasteiger partial charge on any atom is 0.260 e. The second-order valence-corrected chi connectivity index (χ2v) is 8.80. The minimum absolute atomic E-state index is 0.0988. The van der Waals surface area contributed by atoms with Crippen molar-refractivity contribution in [1.29, 1.82) is 0 Å². The molecule has 1 saturated carbocycles. The minimum Gasteiger partial charge on any atom is -0.489 e. The third-order valence-electron chi connectivity index (χ3n) is 5.97. The van der Waals surface area contributed by atoms with Crippen LogP contribution in [0.3, 0.4) is 0 Å². The van der Waals surface area contributed by atoms with Gasteiger partial charge in [0.05, 0.1) is 27.8 Å². The summed E-state index contributed by atoms with van der Waals surface area (Å²) in [5.41, 5.74) is 1.07. The van der Waals surface area contributed by atoms with Gasteiger partial charge in [-0.05, 0) is 51.0 Å². The first-order valence-electron chi connectivity index (χ1n) is 10.3. The number of fused-ring (bicyclic) bond motifs is 1. The number of carbonyl (C=O) groups is 2. The van der Waals surface area contributed by atoms with Crippen LogP contribution in [-0.2, 0) is 9.59 Å². The smallest absolute Gasteiger partial charge is 0.260 e. The molecule has 0 saturated heterocycles.